The lowest BCUT2D eigenvalue weighted by atomic mass is 10.2. The van der Waals surface area contributed by atoms with Crippen LogP contribution < -0.4 is 10.6 Å². The summed E-state index contributed by atoms with van der Waals surface area (Å²) in [6.45, 7) is 3.75. The molecule has 2 rings (SSSR count). The average molecular weight is 192 g/mol. The Morgan fingerprint density at radius 2 is 1.86 bits per heavy atom. The number of benzene rings is 1. The van der Waals surface area contributed by atoms with Crippen molar-refractivity contribution in [2.45, 2.75) is 6.42 Å². The molecule has 2 N–H and O–H groups in total. The van der Waals surface area contributed by atoms with E-state index in [-0.39, 0.29) is 0 Å². The second kappa shape index (κ2) is 4.33. The maximum atomic E-state index is 5.64. The van der Waals surface area contributed by atoms with Crippen LogP contribution in [0.4, 0.5) is 11.4 Å². The molecule has 1 fully saturated rings. The van der Waals surface area contributed by atoms with Gasteiger partial charge in [-0.1, -0.05) is 0 Å². The van der Waals surface area contributed by atoms with Crippen molar-refractivity contribution in [1.82, 2.24) is 0 Å². The first-order valence-corrected chi connectivity index (χ1v) is 5.04. The predicted octanol–water partition coefficient (Wildman–Crippen LogP) is 1.50. The molecule has 1 aliphatic rings. The molecule has 0 unspecified atom stereocenters. The van der Waals surface area contributed by atoms with E-state index >= 15 is 0 Å². The van der Waals surface area contributed by atoms with Gasteiger partial charge in [0.1, 0.15) is 0 Å². The lowest BCUT2D eigenvalue weighted by Crippen LogP contribution is -2.25. The number of rotatable bonds is 1. The van der Waals surface area contributed by atoms with E-state index < -0.39 is 0 Å². The number of nitrogens with zero attached hydrogens (tertiary/aromatic N) is 1. The molecule has 3 nitrogen and oxygen atoms in total. The van der Waals surface area contributed by atoms with Gasteiger partial charge >= 0.3 is 0 Å². The molecular weight excluding hydrogens is 176 g/mol. The Morgan fingerprint density at radius 3 is 2.64 bits per heavy atom. The molecule has 1 aromatic carbocycles. The van der Waals surface area contributed by atoms with Gasteiger partial charge in [0.15, 0.2) is 0 Å². The summed E-state index contributed by atoms with van der Waals surface area (Å²) in [6.07, 6.45) is 1.10. The minimum absolute atomic E-state index is 0.819. The molecule has 0 spiro atoms. The average Bonchev–Trinajstić information content (AvgIpc) is 2.47. The number of anilines is 2. The van der Waals surface area contributed by atoms with Gasteiger partial charge < -0.3 is 15.4 Å². The smallest absolute Gasteiger partial charge is 0.0641 e. The molecule has 0 atom stereocenters. The number of hydrogen-bond donors (Lipinski definition) is 1. The summed E-state index contributed by atoms with van der Waals surface area (Å²) in [5, 5.41) is 0. The fourth-order valence-corrected chi connectivity index (χ4v) is 1.69. The van der Waals surface area contributed by atoms with E-state index in [1.807, 2.05) is 12.1 Å². The van der Waals surface area contributed by atoms with Crippen LogP contribution in [0, 0.1) is 0 Å². The summed E-state index contributed by atoms with van der Waals surface area (Å²) in [5.74, 6) is 0. The summed E-state index contributed by atoms with van der Waals surface area (Å²) in [7, 11) is 0. The third-order valence-electron chi connectivity index (χ3n) is 2.48. The molecule has 0 bridgehead atoms. The predicted molar refractivity (Wildman–Crippen MR) is 58.5 cm³/mol. The molecule has 14 heavy (non-hydrogen) atoms. The quantitative estimate of drug-likeness (QED) is 0.685. The van der Waals surface area contributed by atoms with Crippen LogP contribution in [0.3, 0.4) is 0 Å². The number of hydrogen-bond acceptors (Lipinski definition) is 3. The first-order chi connectivity index (χ1) is 6.86. The van der Waals surface area contributed by atoms with Gasteiger partial charge in [-0.3, -0.25) is 0 Å². The zero-order valence-corrected chi connectivity index (χ0v) is 8.28. The fourth-order valence-electron chi connectivity index (χ4n) is 1.69. The SMILES string of the molecule is Nc1ccc(N2CCCOCC2)cc1. The van der Waals surface area contributed by atoms with Crippen molar-refractivity contribution in [3.05, 3.63) is 24.3 Å². The fraction of sp³-hybridized carbons (Fsp3) is 0.455. The summed E-state index contributed by atoms with van der Waals surface area (Å²) in [5.41, 5.74) is 7.70. The summed E-state index contributed by atoms with van der Waals surface area (Å²) >= 11 is 0. The monoisotopic (exact) mass is 192 g/mol. The molecule has 0 saturated carbocycles. The van der Waals surface area contributed by atoms with Gasteiger partial charge in [-0.25, -0.2) is 0 Å². The van der Waals surface area contributed by atoms with Crippen molar-refractivity contribution in [2.24, 2.45) is 0 Å². The van der Waals surface area contributed by atoms with Crippen LogP contribution in [0.5, 0.6) is 0 Å². The third kappa shape index (κ3) is 2.17. The topological polar surface area (TPSA) is 38.5 Å². The molecule has 0 amide bonds. The van der Waals surface area contributed by atoms with E-state index in [0.29, 0.717) is 0 Å². The Labute approximate surface area is 84.5 Å². The van der Waals surface area contributed by atoms with Gasteiger partial charge in [0.05, 0.1) is 6.61 Å². The summed E-state index contributed by atoms with van der Waals surface area (Å²) in [4.78, 5) is 2.34. The number of nitrogens with two attached hydrogens (primary N) is 1. The van der Waals surface area contributed by atoms with Crippen molar-refractivity contribution >= 4 is 11.4 Å². The zero-order valence-electron chi connectivity index (χ0n) is 8.28. The van der Waals surface area contributed by atoms with Crippen LogP contribution in [0.1, 0.15) is 6.42 Å². The lowest BCUT2D eigenvalue weighted by Gasteiger charge is -2.21. The Kier molecular flexibility index (Phi) is 2.89. The minimum Gasteiger partial charge on any atom is -0.399 e. The molecule has 0 aliphatic carbocycles. The van der Waals surface area contributed by atoms with E-state index in [0.717, 1.165) is 38.4 Å². The highest BCUT2D eigenvalue weighted by Crippen LogP contribution is 2.17. The van der Waals surface area contributed by atoms with Crippen molar-refractivity contribution in [3.8, 4) is 0 Å². The molecule has 3 heteroatoms. The highest BCUT2D eigenvalue weighted by molar-refractivity contribution is 5.53. The Morgan fingerprint density at radius 1 is 1.07 bits per heavy atom. The van der Waals surface area contributed by atoms with Gasteiger partial charge in [-0.2, -0.15) is 0 Å². The van der Waals surface area contributed by atoms with Crippen LogP contribution in [0.2, 0.25) is 0 Å². The highest BCUT2D eigenvalue weighted by atomic mass is 16.5. The lowest BCUT2D eigenvalue weighted by molar-refractivity contribution is 0.152. The molecule has 1 aliphatic heterocycles. The van der Waals surface area contributed by atoms with Crippen LogP contribution in [-0.4, -0.2) is 26.3 Å². The van der Waals surface area contributed by atoms with E-state index in [1.165, 1.54) is 5.69 Å². The summed E-state index contributed by atoms with van der Waals surface area (Å²) < 4.78 is 5.40. The maximum absolute atomic E-state index is 5.64. The molecule has 1 heterocycles. The van der Waals surface area contributed by atoms with E-state index in [1.54, 1.807) is 0 Å². The van der Waals surface area contributed by atoms with Crippen molar-refractivity contribution in [1.29, 1.82) is 0 Å². The molecule has 1 aromatic rings. The zero-order chi connectivity index (χ0) is 9.80. The van der Waals surface area contributed by atoms with Gasteiger partial charge in [0, 0.05) is 31.1 Å². The molecular formula is C11H16N2O. The largest absolute Gasteiger partial charge is 0.399 e. The van der Waals surface area contributed by atoms with Crippen LogP contribution >= 0.6 is 0 Å². The normalized spacial score (nSPS) is 17.9. The van der Waals surface area contributed by atoms with Gasteiger partial charge in [0.25, 0.3) is 0 Å². The molecule has 0 aromatic heterocycles. The Balaban J connectivity index is 2.08. The van der Waals surface area contributed by atoms with Crippen LogP contribution in [0.15, 0.2) is 24.3 Å². The summed E-state index contributed by atoms with van der Waals surface area (Å²) in [6, 6.07) is 8.03. The minimum atomic E-state index is 0.819. The second-order valence-electron chi connectivity index (χ2n) is 3.54. The first-order valence-electron chi connectivity index (χ1n) is 5.04. The molecule has 1 saturated heterocycles. The van der Waals surface area contributed by atoms with Crippen molar-refractivity contribution in [3.63, 3.8) is 0 Å². The molecule has 0 radical (unpaired) electrons. The first kappa shape index (κ1) is 9.34. The van der Waals surface area contributed by atoms with Gasteiger partial charge in [-0.15, -0.1) is 0 Å². The van der Waals surface area contributed by atoms with Gasteiger partial charge in [-0.05, 0) is 30.7 Å². The number of ether oxygens (including phenoxy) is 1. The second-order valence-corrected chi connectivity index (χ2v) is 3.54. The van der Waals surface area contributed by atoms with E-state index in [9.17, 15) is 0 Å². The highest BCUT2D eigenvalue weighted by Gasteiger charge is 2.08. The Hall–Kier alpha value is -1.22. The maximum Gasteiger partial charge on any atom is 0.0641 e. The molecule has 76 valence electrons. The van der Waals surface area contributed by atoms with Crippen molar-refractivity contribution in [2.75, 3.05) is 36.9 Å². The standard InChI is InChI=1S/C11H16N2O/c12-10-2-4-11(5-3-10)13-6-1-8-14-9-7-13/h2-5H,1,6-9,12H2. The van der Waals surface area contributed by atoms with E-state index in [2.05, 4.69) is 17.0 Å². The number of nitrogen functional groups attached to an aromatic ring is 1. The van der Waals surface area contributed by atoms with Crippen LogP contribution in [-0.2, 0) is 4.74 Å². The Bertz CT molecular complexity index is 276. The third-order valence-corrected chi connectivity index (χ3v) is 2.48. The van der Waals surface area contributed by atoms with Gasteiger partial charge in [0.2, 0.25) is 0 Å². The van der Waals surface area contributed by atoms with Crippen molar-refractivity contribution < 1.29 is 4.74 Å². The van der Waals surface area contributed by atoms with E-state index in [4.69, 9.17) is 10.5 Å². The van der Waals surface area contributed by atoms with Crippen LogP contribution in [0.25, 0.3) is 0 Å².